The number of rotatable bonds is 5. The highest BCUT2D eigenvalue weighted by Crippen LogP contribution is 2.44. The predicted octanol–water partition coefficient (Wildman–Crippen LogP) is 6.58. The number of amides is 1. The number of thiazole rings is 1. The van der Waals surface area contributed by atoms with Crippen molar-refractivity contribution in [3.63, 3.8) is 0 Å². The Morgan fingerprint density at radius 2 is 1.91 bits per heavy atom. The van der Waals surface area contributed by atoms with Crippen molar-refractivity contribution < 1.29 is 19.4 Å². The molecule has 1 saturated heterocycles. The molecule has 1 aromatic heterocycles. The van der Waals surface area contributed by atoms with Crippen LogP contribution in [0.25, 0.3) is 16.0 Å². The molecule has 0 aliphatic carbocycles. The van der Waals surface area contributed by atoms with Crippen molar-refractivity contribution in [2.45, 2.75) is 13.0 Å². The molecule has 6 nitrogen and oxygen atoms in total. The number of nitrogens with zero attached hydrogens (tertiary/aromatic N) is 2. The summed E-state index contributed by atoms with van der Waals surface area (Å²) in [5, 5.41) is 12.2. The summed E-state index contributed by atoms with van der Waals surface area (Å²) in [6, 6.07) is 18.7. The Balaban J connectivity index is 1.71. The fourth-order valence-corrected chi connectivity index (χ4v) is 5.66. The van der Waals surface area contributed by atoms with E-state index in [1.807, 2.05) is 31.2 Å². The fraction of sp³-hybridized carbons (Fsp3) is 0.115. The van der Waals surface area contributed by atoms with Gasteiger partial charge in [-0.05, 0) is 77.5 Å². The van der Waals surface area contributed by atoms with Crippen molar-refractivity contribution in [1.29, 1.82) is 0 Å². The number of Topliss-reactive ketones (excluding diaryl/α,β-unsaturated/α-hetero) is 1. The number of ketones is 1. The van der Waals surface area contributed by atoms with E-state index in [-0.39, 0.29) is 11.3 Å². The first kappa shape index (κ1) is 23.8. The number of fused-ring (bicyclic) bond motifs is 1. The quantitative estimate of drug-likeness (QED) is 0.119. The third kappa shape index (κ3) is 4.41. The highest BCUT2D eigenvalue weighted by atomic mass is 127. The molecule has 1 aliphatic heterocycles. The van der Waals surface area contributed by atoms with Crippen molar-refractivity contribution in [2.75, 3.05) is 11.5 Å². The third-order valence-corrected chi connectivity index (χ3v) is 7.57. The summed E-state index contributed by atoms with van der Waals surface area (Å²) in [6.07, 6.45) is 0. The summed E-state index contributed by atoms with van der Waals surface area (Å²) in [5.74, 6) is -1.23. The molecule has 0 saturated carbocycles. The van der Waals surface area contributed by atoms with E-state index in [0.717, 1.165) is 8.27 Å². The first-order valence-electron chi connectivity index (χ1n) is 10.7. The second-order valence-corrected chi connectivity index (χ2v) is 10.5. The summed E-state index contributed by atoms with van der Waals surface area (Å²) < 4.78 is 7.34. The van der Waals surface area contributed by atoms with Gasteiger partial charge in [-0.1, -0.05) is 47.2 Å². The molecule has 0 radical (unpaired) electrons. The Kier molecular flexibility index (Phi) is 6.52. The molecule has 1 N–H and O–H groups in total. The molecule has 2 heterocycles. The predicted molar refractivity (Wildman–Crippen MR) is 146 cm³/mol. The summed E-state index contributed by atoms with van der Waals surface area (Å²) >= 11 is 9.60. The number of anilines is 1. The molecular formula is C26H18ClIN2O4S. The Morgan fingerprint density at radius 3 is 2.66 bits per heavy atom. The first-order valence-corrected chi connectivity index (χ1v) is 13.0. The van der Waals surface area contributed by atoms with Crippen LogP contribution in [-0.2, 0) is 9.59 Å². The molecule has 1 amide bonds. The number of carbonyl (C=O) groups is 2. The van der Waals surface area contributed by atoms with Gasteiger partial charge in [0.05, 0.1) is 28.4 Å². The van der Waals surface area contributed by atoms with Gasteiger partial charge in [-0.2, -0.15) is 0 Å². The van der Waals surface area contributed by atoms with E-state index in [0.29, 0.717) is 39.2 Å². The molecule has 4 aromatic rings. The van der Waals surface area contributed by atoms with Crippen molar-refractivity contribution in [3.05, 3.63) is 92.0 Å². The van der Waals surface area contributed by atoms with Crippen LogP contribution >= 0.6 is 45.5 Å². The Labute approximate surface area is 224 Å². The van der Waals surface area contributed by atoms with Gasteiger partial charge < -0.3 is 9.84 Å². The number of aliphatic hydroxyl groups is 1. The maximum absolute atomic E-state index is 13.4. The van der Waals surface area contributed by atoms with E-state index in [9.17, 15) is 14.7 Å². The number of benzene rings is 3. The molecule has 1 atom stereocenters. The molecule has 0 spiro atoms. The van der Waals surface area contributed by atoms with Gasteiger partial charge in [0.15, 0.2) is 5.13 Å². The molecule has 3 aromatic carbocycles. The molecule has 176 valence electrons. The minimum absolute atomic E-state index is 0.00199. The van der Waals surface area contributed by atoms with Crippen LogP contribution in [0.4, 0.5) is 5.13 Å². The van der Waals surface area contributed by atoms with E-state index in [1.54, 1.807) is 42.5 Å². The van der Waals surface area contributed by atoms with Gasteiger partial charge in [-0.25, -0.2) is 4.98 Å². The van der Waals surface area contributed by atoms with Crippen molar-refractivity contribution in [2.24, 2.45) is 0 Å². The summed E-state index contributed by atoms with van der Waals surface area (Å²) in [6.45, 7) is 2.32. The molecule has 1 fully saturated rings. The zero-order chi connectivity index (χ0) is 24.7. The number of hydrogen-bond acceptors (Lipinski definition) is 6. The highest BCUT2D eigenvalue weighted by molar-refractivity contribution is 14.1. The molecule has 1 unspecified atom stereocenters. The topological polar surface area (TPSA) is 79.7 Å². The van der Waals surface area contributed by atoms with Crippen LogP contribution in [0.5, 0.6) is 5.75 Å². The van der Waals surface area contributed by atoms with Gasteiger partial charge >= 0.3 is 5.91 Å². The van der Waals surface area contributed by atoms with E-state index < -0.39 is 17.7 Å². The zero-order valence-electron chi connectivity index (χ0n) is 18.4. The smallest absolute Gasteiger partial charge is 0.301 e. The summed E-state index contributed by atoms with van der Waals surface area (Å²) in [5.41, 5.74) is 1.74. The maximum Gasteiger partial charge on any atom is 0.301 e. The van der Waals surface area contributed by atoms with Gasteiger partial charge in [0, 0.05) is 14.2 Å². The monoisotopic (exact) mass is 616 g/mol. The Morgan fingerprint density at radius 1 is 1.14 bits per heavy atom. The molecular weight excluding hydrogens is 599 g/mol. The largest absolute Gasteiger partial charge is 0.507 e. The second kappa shape index (κ2) is 9.60. The summed E-state index contributed by atoms with van der Waals surface area (Å²) in [7, 11) is 0. The minimum Gasteiger partial charge on any atom is -0.507 e. The normalized spacial score (nSPS) is 17.3. The first-order chi connectivity index (χ1) is 16.9. The second-order valence-electron chi connectivity index (χ2n) is 7.79. The lowest BCUT2D eigenvalue weighted by molar-refractivity contribution is -0.132. The molecule has 35 heavy (non-hydrogen) atoms. The van der Waals surface area contributed by atoms with Crippen molar-refractivity contribution >= 4 is 78.3 Å². The lowest BCUT2D eigenvalue weighted by Gasteiger charge is -2.23. The van der Waals surface area contributed by atoms with Gasteiger partial charge in [0.25, 0.3) is 5.78 Å². The average Bonchev–Trinajstić information content (AvgIpc) is 3.37. The van der Waals surface area contributed by atoms with Crippen molar-refractivity contribution in [3.8, 4) is 5.75 Å². The van der Waals surface area contributed by atoms with E-state index >= 15 is 0 Å². The third-order valence-electron chi connectivity index (χ3n) is 5.59. The standard InChI is InChI=1S/C26H18ClIN2O4S/c1-2-34-18-5-3-4-15(12-18)23(31)21-22(14-6-9-17(28)10-7-14)30(25(33)24(21)32)26-29-19-11-8-16(27)13-20(19)35-26/h3-13,22,31H,2H2,1H3. The van der Waals surface area contributed by atoms with Gasteiger partial charge in [-0.3, -0.25) is 14.5 Å². The van der Waals surface area contributed by atoms with Crippen LogP contribution < -0.4 is 9.64 Å². The zero-order valence-corrected chi connectivity index (χ0v) is 22.1. The van der Waals surface area contributed by atoms with Crippen LogP contribution in [0.2, 0.25) is 5.02 Å². The lowest BCUT2D eigenvalue weighted by atomic mass is 9.95. The van der Waals surface area contributed by atoms with Crippen molar-refractivity contribution in [1.82, 2.24) is 4.98 Å². The van der Waals surface area contributed by atoms with Crippen LogP contribution in [0.3, 0.4) is 0 Å². The number of aliphatic hydroxyl groups excluding tert-OH is 1. The number of aromatic nitrogens is 1. The van der Waals surface area contributed by atoms with Gasteiger partial charge in [-0.15, -0.1) is 0 Å². The van der Waals surface area contributed by atoms with Crippen LogP contribution in [-0.4, -0.2) is 28.4 Å². The molecule has 1 aliphatic rings. The van der Waals surface area contributed by atoms with Crippen LogP contribution in [0, 0.1) is 3.57 Å². The number of halogens is 2. The Hall–Kier alpha value is -2.95. The van der Waals surface area contributed by atoms with Crippen LogP contribution in [0.1, 0.15) is 24.1 Å². The average molecular weight is 617 g/mol. The van der Waals surface area contributed by atoms with Crippen LogP contribution in [0.15, 0.2) is 72.3 Å². The van der Waals surface area contributed by atoms with Gasteiger partial charge in [0.1, 0.15) is 11.5 Å². The van der Waals surface area contributed by atoms with E-state index in [2.05, 4.69) is 27.6 Å². The fourth-order valence-electron chi connectivity index (χ4n) is 4.03. The van der Waals surface area contributed by atoms with Gasteiger partial charge in [0.2, 0.25) is 0 Å². The summed E-state index contributed by atoms with van der Waals surface area (Å²) in [4.78, 5) is 32.7. The minimum atomic E-state index is -0.848. The number of hydrogen-bond donors (Lipinski definition) is 1. The molecule has 9 heteroatoms. The number of carbonyl (C=O) groups excluding carboxylic acids is 2. The maximum atomic E-state index is 13.4. The number of ether oxygens (including phenoxy) is 1. The molecule has 0 bridgehead atoms. The van der Waals surface area contributed by atoms with E-state index in [1.165, 1.54) is 16.2 Å². The highest BCUT2D eigenvalue weighted by Gasteiger charge is 2.48. The Bertz CT molecular complexity index is 1500. The SMILES string of the molecule is CCOc1cccc(C(O)=C2C(=O)C(=O)N(c3nc4ccc(Cl)cc4s3)C2c2ccc(I)cc2)c1. The van der Waals surface area contributed by atoms with E-state index in [4.69, 9.17) is 16.3 Å². The lowest BCUT2D eigenvalue weighted by Crippen LogP contribution is -2.29. The molecule has 5 rings (SSSR count).